The van der Waals surface area contributed by atoms with Gasteiger partial charge in [-0.15, -0.1) is 0 Å². The van der Waals surface area contributed by atoms with E-state index in [4.69, 9.17) is 17.7 Å². The van der Waals surface area contributed by atoms with Gasteiger partial charge in [0.1, 0.15) is 44.7 Å². The molecule has 2 aliphatic rings. The first-order valence-electron chi connectivity index (χ1n) is 45.8. The van der Waals surface area contributed by atoms with Crippen LogP contribution >= 0.6 is 0 Å². The fraction of sp³-hybridized carbons (Fsp3) is 0.0650. The first-order chi connectivity index (χ1) is 65.2. The molecule has 133 heavy (non-hydrogen) atoms. The highest BCUT2D eigenvalue weighted by Crippen LogP contribution is 2.59. The topological polar surface area (TPSA) is 92.7 Å². The highest BCUT2D eigenvalue weighted by molar-refractivity contribution is 7.00. The van der Waals surface area contributed by atoms with E-state index < -0.39 is 12.1 Å². The van der Waals surface area contributed by atoms with E-state index in [0.717, 1.165) is 266 Å². The van der Waals surface area contributed by atoms with E-state index in [1.807, 2.05) is 6.07 Å². The third-order valence-electron chi connectivity index (χ3n) is 28.4. The Bertz CT molecular complexity index is 9050. The lowest BCUT2D eigenvalue weighted by atomic mass is 9.33. The summed E-state index contributed by atoms with van der Waals surface area (Å²) in [6.07, 6.45) is 0. The number of fused-ring (bicyclic) bond motifs is 22. The van der Waals surface area contributed by atoms with E-state index in [2.05, 4.69) is 449 Å². The molecule has 0 radical (unpaired) electrons. The lowest BCUT2D eigenvalue weighted by Gasteiger charge is -2.46. The summed E-state index contributed by atoms with van der Waals surface area (Å²) in [5.74, 6) is 0. The summed E-state index contributed by atoms with van der Waals surface area (Å²) in [4.78, 5) is 5.39. The predicted molar refractivity (Wildman–Crippen MR) is 553 cm³/mol. The summed E-state index contributed by atoms with van der Waals surface area (Å²) in [5.41, 5.74) is 36.5. The van der Waals surface area contributed by atoms with Gasteiger partial charge in [0.25, 0.3) is 6.71 Å². The monoisotopic (exact) mass is 1700 g/mol. The van der Waals surface area contributed by atoms with E-state index in [-0.39, 0.29) is 5.41 Å². The molecule has 0 saturated heterocycles. The van der Waals surface area contributed by atoms with Crippen LogP contribution in [-0.2, 0) is 10.8 Å². The summed E-state index contributed by atoms with van der Waals surface area (Å²) < 4.78 is 33.3. The molecule has 2 aliphatic heterocycles. The Labute approximate surface area is 766 Å². The highest BCUT2D eigenvalue weighted by atomic mass is 16.3. The summed E-state index contributed by atoms with van der Waals surface area (Å²) >= 11 is 0. The van der Waals surface area contributed by atoms with Gasteiger partial charge < -0.3 is 36.6 Å². The Balaban J connectivity index is 0.870. The molecule has 0 bridgehead atoms. The van der Waals surface area contributed by atoms with Gasteiger partial charge in [0.2, 0.25) is 0 Å². The van der Waals surface area contributed by atoms with Crippen LogP contribution in [0.2, 0.25) is 0 Å². The van der Waals surface area contributed by atoms with Crippen LogP contribution in [0.25, 0.3) is 210 Å². The van der Waals surface area contributed by atoms with E-state index in [0.29, 0.717) is 5.56 Å². The Morgan fingerprint density at radius 3 is 1.14 bits per heavy atom. The second-order valence-electron chi connectivity index (χ2n) is 38.0. The van der Waals surface area contributed by atoms with Gasteiger partial charge in [0.05, 0.1) is 50.8 Å². The van der Waals surface area contributed by atoms with Gasteiger partial charge in [-0.2, -0.15) is 5.26 Å². The molecular weight excluding hydrogens is 1620 g/mol. The lowest BCUT2D eigenvalue weighted by molar-refractivity contribution is 0.590. The minimum absolute atomic E-state index is 0.185. The van der Waals surface area contributed by atoms with Crippen LogP contribution in [0.5, 0.6) is 0 Å². The first kappa shape index (κ1) is 76.2. The molecule has 626 valence electrons. The molecule has 0 unspecified atom stereocenters. The maximum Gasteiger partial charge on any atom is 0.252 e. The Morgan fingerprint density at radius 1 is 0.248 bits per heavy atom. The number of nitrogens with zero attached hydrogens (tertiary/aromatic N) is 5. The largest absolute Gasteiger partial charge is 0.456 e. The fourth-order valence-electron chi connectivity index (χ4n) is 22.4. The van der Waals surface area contributed by atoms with Crippen LogP contribution in [0.15, 0.2) is 406 Å². The van der Waals surface area contributed by atoms with Crippen molar-refractivity contribution >= 4 is 189 Å². The van der Waals surface area contributed by atoms with Crippen LogP contribution in [0.3, 0.4) is 0 Å². The van der Waals surface area contributed by atoms with Gasteiger partial charge in [0, 0.05) is 115 Å². The number of anilines is 6. The van der Waals surface area contributed by atoms with Gasteiger partial charge in [-0.1, -0.05) is 290 Å². The zero-order valence-electron chi connectivity index (χ0n) is 73.9. The molecule has 27 rings (SSSR count). The fourth-order valence-corrected chi connectivity index (χ4v) is 22.4. The van der Waals surface area contributed by atoms with Gasteiger partial charge in [0.15, 0.2) is 0 Å². The van der Waals surface area contributed by atoms with E-state index in [9.17, 15) is 5.26 Å². The van der Waals surface area contributed by atoms with Crippen molar-refractivity contribution in [3.05, 3.63) is 405 Å². The van der Waals surface area contributed by atoms with Crippen molar-refractivity contribution in [3.8, 4) is 84.2 Å². The summed E-state index contributed by atoms with van der Waals surface area (Å²) in [6, 6.07) is 146. The zero-order chi connectivity index (χ0) is 88.5. The molecule has 0 saturated carbocycles. The SMILES string of the molecule is CC(C)(C)c1cc(-c2cccc3oc4ccccc4c23)c(N2c3cc(-n4c5ccc(C#N)cc5c5cc(C(C)(C)C)ccc54)ccc3B3c4cc(-c5cccc(-c6ccccc6)c5)ccc4N(c4c(-c5cccc6oc7ccccc7c56)cccc4-c4cccc5oc6ccccc6c45)c4cc(-n5c6ccccc6c6ccccc65)cc2c43)c(-c2cccc3oc4ccccc4c23)c1. The minimum Gasteiger partial charge on any atom is -0.456 e. The number of para-hydroxylation sites is 7. The lowest BCUT2D eigenvalue weighted by Crippen LogP contribution is -2.61. The van der Waals surface area contributed by atoms with Crippen LogP contribution in [-0.4, -0.2) is 15.8 Å². The molecular formula is C123H82BN5O4. The summed E-state index contributed by atoms with van der Waals surface area (Å²) in [6.45, 7) is 13.4. The molecule has 19 aromatic carbocycles. The molecule has 0 atom stereocenters. The second kappa shape index (κ2) is 28.6. The Kier molecular flexibility index (Phi) is 16.4. The molecule has 9 nitrogen and oxygen atoms in total. The Hall–Kier alpha value is -16.9. The first-order valence-corrected chi connectivity index (χ1v) is 45.8. The van der Waals surface area contributed by atoms with Crippen LogP contribution < -0.4 is 26.2 Å². The van der Waals surface area contributed by atoms with Crippen LogP contribution in [0, 0.1) is 11.3 Å². The van der Waals surface area contributed by atoms with Crippen molar-refractivity contribution in [1.82, 2.24) is 9.13 Å². The maximum atomic E-state index is 10.9. The molecule has 6 aromatic heterocycles. The standard InChI is InChI=1S/C123H82BN5O4/c1-122(2,3)77-56-61-102-94(65-77)93-62-72(71-125)54-59-101(93)126(102)79-57-58-97-104(68-79)129(121-95(85-40-26-52-113-117(85)91-36-14-20-48-109(91)132-113)66-78(123(4,5)6)67-96(121)86-41-27-53-114-118(86)92-37-15-21-49-110(92)133-114)106-70-80(127-99-44-16-10-32-81(99)82-33-11-17-45-100(82)127)69-105-119(106)124(97)98-64-76(75-31-22-30-74(63-75)73-28-8-7-9-29-73)55-60-103(98)128(105)120-87(83-38-24-50-111-115(83)89-34-12-18-46-107(89)130-111)42-23-43-88(120)84-39-25-51-112-116(84)90-35-13-19-47-108(90)131-112/h7-70H,1-6H3. The smallest absolute Gasteiger partial charge is 0.252 e. The molecule has 0 amide bonds. The average molecular weight is 1700 g/mol. The maximum absolute atomic E-state index is 10.9. The third-order valence-corrected chi connectivity index (χ3v) is 28.4. The summed E-state index contributed by atoms with van der Waals surface area (Å²) in [7, 11) is 0. The number of benzene rings is 19. The second-order valence-corrected chi connectivity index (χ2v) is 38.0. The summed E-state index contributed by atoms with van der Waals surface area (Å²) in [5, 5.41) is 23.4. The normalized spacial score (nSPS) is 12.8. The number of furan rings is 4. The molecule has 8 heterocycles. The van der Waals surface area contributed by atoms with E-state index >= 15 is 0 Å². The van der Waals surface area contributed by atoms with Gasteiger partial charge >= 0.3 is 0 Å². The quantitative estimate of drug-likeness (QED) is 0.126. The van der Waals surface area contributed by atoms with Crippen LogP contribution in [0.4, 0.5) is 34.1 Å². The van der Waals surface area contributed by atoms with Crippen LogP contribution in [0.1, 0.15) is 58.2 Å². The highest BCUT2D eigenvalue weighted by Gasteiger charge is 2.47. The number of rotatable bonds is 10. The number of hydrogen-bond donors (Lipinski definition) is 0. The number of aromatic nitrogens is 2. The molecule has 0 fully saturated rings. The van der Waals surface area contributed by atoms with Crippen molar-refractivity contribution in [3.63, 3.8) is 0 Å². The average Bonchev–Trinajstić information content (AvgIpc) is 1.43. The predicted octanol–water partition coefficient (Wildman–Crippen LogP) is 32.0. The molecule has 25 aromatic rings. The van der Waals surface area contributed by atoms with Crippen molar-refractivity contribution < 1.29 is 17.7 Å². The molecule has 0 N–H and O–H groups in total. The van der Waals surface area contributed by atoms with Crippen molar-refractivity contribution in [2.75, 3.05) is 9.80 Å². The molecule has 0 spiro atoms. The van der Waals surface area contributed by atoms with Crippen molar-refractivity contribution in [1.29, 1.82) is 5.26 Å². The van der Waals surface area contributed by atoms with Gasteiger partial charge in [-0.05, 0) is 222 Å². The van der Waals surface area contributed by atoms with Gasteiger partial charge in [-0.3, -0.25) is 0 Å². The van der Waals surface area contributed by atoms with E-state index in [1.165, 1.54) is 5.56 Å². The van der Waals surface area contributed by atoms with Crippen molar-refractivity contribution in [2.45, 2.75) is 52.4 Å². The van der Waals surface area contributed by atoms with Crippen molar-refractivity contribution in [2.24, 2.45) is 0 Å². The van der Waals surface area contributed by atoms with E-state index in [1.54, 1.807) is 0 Å². The molecule has 0 aliphatic carbocycles. The Morgan fingerprint density at radius 2 is 0.632 bits per heavy atom. The molecule has 10 heteroatoms. The zero-order valence-corrected chi connectivity index (χ0v) is 73.9. The third kappa shape index (κ3) is 11.4. The minimum atomic E-state index is -0.493. The number of hydrogen-bond acceptors (Lipinski definition) is 7. The number of nitriles is 1. The van der Waals surface area contributed by atoms with Gasteiger partial charge in [-0.25, -0.2) is 0 Å².